The molecule has 0 aliphatic rings. The van der Waals surface area contributed by atoms with E-state index in [2.05, 4.69) is 93.7 Å². The Morgan fingerprint density at radius 1 is 0.318 bits per heavy atom. The SMILES string of the molecule is CC/C=C/C/C=C/C/C=C/C/C=C/C/C=C/CCCC(=O)O[C@H](COC(=O)CCCCCCC/C=C/CCCCCC)COC(=O)CCCCCCCCCCCCCCCCCCCC. The molecule has 0 aromatic carbocycles. The van der Waals surface area contributed by atoms with Crippen LogP contribution in [0.1, 0.15) is 271 Å². The van der Waals surface area contributed by atoms with Crippen molar-refractivity contribution < 1.29 is 28.6 Å². The van der Waals surface area contributed by atoms with Crippen molar-refractivity contribution in [2.45, 2.75) is 277 Å². The number of carbonyl (C=O) groups is 3. The van der Waals surface area contributed by atoms with E-state index in [0.717, 1.165) is 83.5 Å². The monoisotopic (exact) mass is 921 g/mol. The minimum atomic E-state index is -0.806. The van der Waals surface area contributed by atoms with Crippen molar-refractivity contribution in [1.29, 1.82) is 0 Å². The molecule has 0 bridgehead atoms. The van der Waals surface area contributed by atoms with Crippen LogP contribution in [0.5, 0.6) is 0 Å². The van der Waals surface area contributed by atoms with E-state index >= 15 is 0 Å². The summed E-state index contributed by atoms with van der Waals surface area (Å²) in [5.41, 5.74) is 0. The average Bonchev–Trinajstić information content (AvgIpc) is 3.31. The molecule has 6 heteroatoms. The maximum Gasteiger partial charge on any atom is 0.306 e. The number of unbranched alkanes of at least 4 members (excludes halogenated alkanes) is 27. The number of hydrogen-bond acceptors (Lipinski definition) is 6. The molecule has 380 valence electrons. The minimum Gasteiger partial charge on any atom is -0.462 e. The number of allylic oxidation sites excluding steroid dienone is 12. The van der Waals surface area contributed by atoms with Gasteiger partial charge in [-0.1, -0.05) is 241 Å². The van der Waals surface area contributed by atoms with Gasteiger partial charge in [0.05, 0.1) is 0 Å². The molecule has 0 N–H and O–H groups in total. The Kier molecular flexibility index (Phi) is 51.9. The van der Waals surface area contributed by atoms with Crippen LogP contribution in [0.4, 0.5) is 0 Å². The molecule has 0 heterocycles. The van der Waals surface area contributed by atoms with Crippen LogP contribution in [0.25, 0.3) is 0 Å². The summed E-state index contributed by atoms with van der Waals surface area (Å²) in [6.07, 6.45) is 69.0. The van der Waals surface area contributed by atoms with Gasteiger partial charge in [-0.15, -0.1) is 0 Å². The minimum absolute atomic E-state index is 0.0984. The van der Waals surface area contributed by atoms with Crippen LogP contribution >= 0.6 is 0 Å². The van der Waals surface area contributed by atoms with Gasteiger partial charge in [0.2, 0.25) is 0 Å². The van der Waals surface area contributed by atoms with Crippen LogP contribution in [0.15, 0.2) is 72.9 Å². The molecule has 0 fully saturated rings. The van der Waals surface area contributed by atoms with Crippen molar-refractivity contribution in [2.24, 2.45) is 0 Å². The fourth-order valence-electron chi connectivity index (χ4n) is 7.77. The molecule has 0 rings (SSSR count). The van der Waals surface area contributed by atoms with Crippen molar-refractivity contribution in [2.75, 3.05) is 13.2 Å². The standard InChI is InChI=1S/C60H104O6/c1-4-7-10-13-16-19-22-25-27-29-31-32-35-38-41-44-47-50-53-59(62)65-56-57(55-64-58(61)52-49-46-43-40-37-34-24-21-18-15-12-9-6-3)66-60(63)54-51-48-45-42-39-36-33-30-28-26-23-20-17-14-11-8-5-2/h8,11,17,20-21,24,26,28,33,36,42,45,57H,4-7,9-10,12-16,18-19,22-23,25,27,29-32,34-35,37-41,43-44,46-56H2,1-3H3/b11-8+,20-17+,24-21+,28-26+,36-33+,45-42+/t57-/m1/s1. The van der Waals surface area contributed by atoms with E-state index in [0.29, 0.717) is 19.3 Å². The van der Waals surface area contributed by atoms with Crippen LogP contribution in [0.2, 0.25) is 0 Å². The van der Waals surface area contributed by atoms with Crippen molar-refractivity contribution in [3.63, 3.8) is 0 Å². The first-order valence-electron chi connectivity index (χ1n) is 27.9. The van der Waals surface area contributed by atoms with E-state index in [1.807, 2.05) is 0 Å². The second-order valence-corrected chi connectivity index (χ2v) is 18.5. The van der Waals surface area contributed by atoms with E-state index in [-0.39, 0.29) is 37.5 Å². The van der Waals surface area contributed by atoms with Gasteiger partial charge >= 0.3 is 17.9 Å². The van der Waals surface area contributed by atoms with Gasteiger partial charge in [0.25, 0.3) is 0 Å². The molecular formula is C60H104O6. The second-order valence-electron chi connectivity index (χ2n) is 18.5. The average molecular weight is 921 g/mol. The number of ether oxygens (including phenoxy) is 3. The molecule has 0 aliphatic carbocycles. The molecule has 0 saturated carbocycles. The summed E-state index contributed by atoms with van der Waals surface area (Å²) in [7, 11) is 0. The van der Waals surface area contributed by atoms with Gasteiger partial charge in [-0.25, -0.2) is 0 Å². The highest BCUT2D eigenvalue weighted by molar-refractivity contribution is 5.71. The van der Waals surface area contributed by atoms with E-state index in [1.54, 1.807) is 0 Å². The lowest BCUT2D eigenvalue weighted by Crippen LogP contribution is -2.30. The van der Waals surface area contributed by atoms with Crippen molar-refractivity contribution in [3.05, 3.63) is 72.9 Å². The Morgan fingerprint density at radius 2 is 0.606 bits per heavy atom. The number of carbonyl (C=O) groups excluding carboxylic acids is 3. The van der Waals surface area contributed by atoms with Gasteiger partial charge in [0.1, 0.15) is 13.2 Å². The summed E-state index contributed by atoms with van der Waals surface area (Å²) < 4.78 is 16.8. The van der Waals surface area contributed by atoms with Gasteiger partial charge in [0.15, 0.2) is 6.10 Å². The normalized spacial score (nSPS) is 12.6. The third-order valence-electron chi connectivity index (χ3n) is 11.9. The number of esters is 3. The molecule has 0 saturated heterocycles. The van der Waals surface area contributed by atoms with Crippen LogP contribution in [0, 0.1) is 0 Å². The molecule has 1 atom stereocenters. The molecule has 0 aromatic heterocycles. The summed E-state index contributed by atoms with van der Waals surface area (Å²) in [4.78, 5) is 38.1. The third kappa shape index (κ3) is 51.8. The summed E-state index contributed by atoms with van der Waals surface area (Å²) in [6, 6.07) is 0. The molecular weight excluding hydrogens is 817 g/mol. The van der Waals surface area contributed by atoms with E-state index in [1.165, 1.54) is 141 Å². The van der Waals surface area contributed by atoms with Gasteiger partial charge in [0, 0.05) is 19.3 Å². The maximum atomic E-state index is 12.8. The smallest absolute Gasteiger partial charge is 0.306 e. The lowest BCUT2D eigenvalue weighted by Gasteiger charge is -2.18. The molecule has 0 aliphatic heterocycles. The Bertz CT molecular complexity index is 1240. The van der Waals surface area contributed by atoms with Crippen molar-refractivity contribution in [3.8, 4) is 0 Å². The molecule has 0 spiro atoms. The summed E-state index contributed by atoms with van der Waals surface area (Å²) >= 11 is 0. The first kappa shape index (κ1) is 62.8. The Labute approximate surface area is 408 Å². The molecule has 66 heavy (non-hydrogen) atoms. The van der Waals surface area contributed by atoms with Crippen molar-refractivity contribution in [1.82, 2.24) is 0 Å². The lowest BCUT2D eigenvalue weighted by molar-refractivity contribution is -0.167. The van der Waals surface area contributed by atoms with Crippen LogP contribution in [-0.4, -0.2) is 37.2 Å². The maximum absolute atomic E-state index is 12.8. The molecule has 0 aromatic rings. The highest BCUT2D eigenvalue weighted by Gasteiger charge is 2.19. The predicted molar refractivity (Wildman–Crippen MR) is 284 cm³/mol. The van der Waals surface area contributed by atoms with Crippen molar-refractivity contribution >= 4 is 17.9 Å². The van der Waals surface area contributed by atoms with Gasteiger partial charge in [-0.05, 0) is 83.5 Å². The second kappa shape index (κ2) is 54.5. The van der Waals surface area contributed by atoms with Crippen LogP contribution < -0.4 is 0 Å². The number of rotatable bonds is 50. The van der Waals surface area contributed by atoms with Gasteiger partial charge < -0.3 is 14.2 Å². The Hall–Kier alpha value is -3.15. The lowest BCUT2D eigenvalue weighted by atomic mass is 10.0. The zero-order valence-electron chi connectivity index (χ0n) is 43.4. The van der Waals surface area contributed by atoms with E-state index in [4.69, 9.17) is 14.2 Å². The van der Waals surface area contributed by atoms with Crippen LogP contribution in [-0.2, 0) is 28.6 Å². The largest absolute Gasteiger partial charge is 0.462 e. The molecule has 0 amide bonds. The molecule has 0 unspecified atom stereocenters. The zero-order valence-corrected chi connectivity index (χ0v) is 43.4. The first-order chi connectivity index (χ1) is 32.5. The number of hydrogen-bond donors (Lipinski definition) is 0. The topological polar surface area (TPSA) is 78.9 Å². The third-order valence-corrected chi connectivity index (χ3v) is 11.9. The van der Waals surface area contributed by atoms with E-state index < -0.39 is 6.10 Å². The molecule has 6 nitrogen and oxygen atoms in total. The summed E-state index contributed by atoms with van der Waals surface area (Å²) in [5, 5.41) is 0. The van der Waals surface area contributed by atoms with Crippen LogP contribution in [0.3, 0.4) is 0 Å². The van der Waals surface area contributed by atoms with Gasteiger partial charge in [-0.2, -0.15) is 0 Å². The zero-order chi connectivity index (χ0) is 47.9. The predicted octanol–water partition coefficient (Wildman–Crippen LogP) is 18.6. The quantitative estimate of drug-likeness (QED) is 0.0262. The van der Waals surface area contributed by atoms with E-state index in [9.17, 15) is 14.4 Å². The Morgan fingerprint density at radius 3 is 1.00 bits per heavy atom. The fraction of sp³-hybridized carbons (Fsp3) is 0.750. The molecule has 0 radical (unpaired) electrons. The van der Waals surface area contributed by atoms with Gasteiger partial charge in [-0.3, -0.25) is 14.4 Å². The summed E-state index contributed by atoms with van der Waals surface area (Å²) in [5.74, 6) is -0.959. The summed E-state index contributed by atoms with van der Waals surface area (Å²) in [6.45, 7) is 6.48. The highest BCUT2D eigenvalue weighted by atomic mass is 16.6. The fourth-order valence-corrected chi connectivity index (χ4v) is 7.77. The highest BCUT2D eigenvalue weighted by Crippen LogP contribution is 2.16. The Balaban J connectivity index is 4.44. The first-order valence-corrected chi connectivity index (χ1v) is 27.9.